The topological polar surface area (TPSA) is 91.6 Å². The molecule has 0 aliphatic rings. The summed E-state index contributed by atoms with van der Waals surface area (Å²) in [5.41, 5.74) is 0.603. The number of aromatic carboxylic acids is 1. The second-order valence-corrected chi connectivity index (χ2v) is 2.56. The molecular formula is C8H10N2O4. The highest BCUT2D eigenvalue weighted by Gasteiger charge is 2.08. The Balaban J connectivity index is 2.52. The molecule has 1 aromatic rings. The molecule has 0 saturated carbocycles. The van der Waals surface area contributed by atoms with E-state index >= 15 is 0 Å². The van der Waals surface area contributed by atoms with Crippen LogP contribution in [-0.4, -0.2) is 24.2 Å². The molecular weight excluding hydrogens is 188 g/mol. The van der Waals surface area contributed by atoms with Gasteiger partial charge in [-0.2, -0.15) is 0 Å². The van der Waals surface area contributed by atoms with Crippen molar-refractivity contribution in [2.45, 2.75) is 6.54 Å². The molecule has 3 N–H and O–H groups in total. The number of carbonyl (C=O) groups is 2. The van der Waals surface area contributed by atoms with Crippen molar-refractivity contribution in [3.05, 3.63) is 23.7 Å². The van der Waals surface area contributed by atoms with Gasteiger partial charge in [-0.1, -0.05) is 0 Å². The van der Waals surface area contributed by atoms with Gasteiger partial charge in [0.05, 0.1) is 6.26 Å². The smallest absolute Gasteiger partial charge is 0.371 e. The van der Waals surface area contributed by atoms with E-state index in [-0.39, 0.29) is 18.3 Å². The van der Waals surface area contributed by atoms with Gasteiger partial charge in [-0.25, -0.2) is 9.59 Å². The summed E-state index contributed by atoms with van der Waals surface area (Å²) in [5.74, 6) is -1.27. The first-order chi connectivity index (χ1) is 6.63. The van der Waals surface area contributed by atoms with Crippen molar-refractivity contribution in [1.29, 1.82) is 0 Å². The molecule has 0 saturated heterocycles. The molecule has 0 spiro atoms. The van der Waals surface area contributed by atoms with Gasteiger partial charge in [0.2, 0.25) is 5.76 Å². The third-order valence-electron chi connectivity index (χ3n) is 1.54. The third kappa shape index (κ3) is 2.51. The van der Waals surface area contributed by atoms with E-state index in [4.69, 9.17) is 9.52 Å². The summed E-state index contributed by atoms with van der Waals surface area (Å²) in [6, 6.07) is 1.03. The highest BCUT2D eigenvalue weighted by atomic mass is 16.4. The molecule has 1 aromatic heterocycles. The minimum Gasteiger partial charge on any atom is -0.475 e. The lowest BCUT2D eigenvalue weighted by Gasteiger charge is -2.00. The summed E-state index contributed by atoms with van der Waals surface area (Å²) >= 11 is 0. The molecule has 0 aliphatic carbocycles. The molecule has 0 fully saturated rings. The van der Waals surface area contributed by atoms with Crippen LogP contribution in [0, 0.1) is 0 Å². The fourth-order valence-electron chi connectivity index (χ4n) is 0.851. The van der Waals surface area contributed by atoms with Crippen molar-refractivity contribution in [3.8, 4) is 0 Å². The summed E-state index contributed by atoms with van der Waals surface area (Å²) in [5, 5.41) is 13.4. The predicted octanol–water partition coefficient (Wildman–Crippen LogP) is 0.407. The summed E-state index contributed by atoms with van der Waals surface area (Å²) in [6.07, 6.45) is 1.29. The monoisotopic (exact) mass is 198 g/mol. The van der Waals surface area contributed by atoms with Gasteiger partial charge in [0.15, 0.2) is 0 Å². The number of furan rings is 1. The maximum atomic E-state index is 10.8. The van der Waals surface area contributed by atoms with Gasteiger partial charge in [-0.15, -0.1) is 0 Å². The van der Waals surface area contributed by atoms with Crippen LogP contribution in [0.3, 0.4) is 0 Å². The molecule has 0 atom stereocenters. The molecule has 2 amide bonds. The SMILES string of the molecule is CNC(=O)NCc1coc(C(=O)O)c1. The van der Waals surface area contributed by atoms with Crippen molar-refractivity contribution >= 4 is 12.0 Å². The van der Waals surface area contributed by atoms with Gasteiger partial charge in [0.25, 0.3) is 0 Å². The largest absolute Gasteiger partial charge is 0.475 e. The Bertz CT molecular complexity index is 345. The molecule has 1 rings (SSSR count). The normalized spacial score (nSPS) is 9.50. The first kappa shape index (κ1) is 10.1. The highest BCUT2D eigenvalue weighted by Crippen LogP contribution is 2.06. The highest BCUT2D eigenvalue weighted by molar-refractivity contribution is 5.84. The Labute approximate surface area is 79.9 Å². The number of nitrogens with one attached hydrogen (secondary N) is 2. The maximum absolute atomic E-state index is 10.8. The molecule has 76 valence electrons. The molecule has 6 heteroatoms. The zero-order valence-electron chi connectivity index (χ0n) is 7.53. The van der Waals surface area contributed by atoms with Gasteiger partial charge < -0.3 is 20.2 Å². The lowest BCUT2D eigenvalue weighted by atomic mass is 10.3. The zero-order valence-corrected chi connectivity index (χ0v) is 7.53. The van der Waals surface area contributed by atoms with E-state index in [2.05, 4.69) is 10.6 Å². The molecule has 6 nitrogen and oxygen atoms in total. The van der Waals surface area contributed by atoms with Crippen molar-refractivity contribution in [2.24, 2.45) is 0 Å². The molecule has 0 radical (unpaired) electrons. The number of carboxylic acid groups (broad SMARTS) is 1. The number of amides is 2. The minimum atomic E-state index is -1.13. The van der Waals surface area contributed by atoms with Crippen LogP contribution < -0.4 is 10.6 Å². The summed E-state index contributed by atoms with van der Waals surface area (Å²) in [7, 11) is 1.49. The van der Waals surface area contributed by atoms with Crippen LogP contribution in [-0.2, 0) is 6.54 Å². The van der Waals surface area contributed by atoms with Crippen LogP contribution in [0.4, 0.5) is 4.79 Å². The number of hydrogen-bond donors (Lipinski definition) is 3. The Kier molecular flexibility index (Phi) is 3.11. The van der Waals surface area contributed by atoms with E-state index in [9.17, 15) is 9.59 Å². The first-order valence-electron chi connectivity index (χ1n) is 3.89. The Morgan fingerprint density at radius 2 is 2.29 bits per heavy atom. The minimum absolute atomic E-state index is 0.140. The van der Waals surface area contributed by atoms with Crippen LogP contribution in [0.25, 0.3) is 0 Å². The predicted molar refractivity (Wildman–Crippen MR) is 47.0 cm³/mol. The second kappa shape index (κ2) is 4.31. The van der Waals surface area contributed by atoms with Crippen molar-refractivity contribution in [1.82, 2.24) is 10.6 Å². The van der Waals surface area contributed by atoms with E-state index in [0.717, 1.165) is 0 Å². The molecule has 0 unspecified atom stereocenters. The van der Waals surface area contributed by atoms with Crippen LogP contribution in [0.15, 0.2) is 16.7 Å². The number of carbonyl (C=O) groups excluding carboxylic acids is 1. The van der Waals surface area contributed by atoms with E-state index < -0.39 is 5.97 Å². The fourth-order valence-corrected chi connectivity index (χ4v) is 0.851. The van der Waals surface area contributed by atoms with E-state index in [0.29, 0.717) is 5.56 Å². The molecule has 1 heterocycles. The molecule has 0 bridgehead atoms. The number of urea groups is 1. The maximum Gasteiger partial charge on any atom is 0.371 e. The summed E-state index contributed by atoms with van der Waals surface area (Å²) < 4.78 is 4.72. The van der Waals surface area contributed by atoms with Gasteiger partial charge in [-0.05, 0) is 6.07 Å². The van der Waals surface area contributed by atoms with Gasteiger partial charge in [0, 0.05) is 19.2 Å². The van der Waals surface area contributed by atoms with Crippen LogP contribution in [0.1, 0.15) is 16.1 Å². The molecule has 14 heavy (non-hydrogen) atoms. The van der Waals surface area contributed by atoms with E-state index in [1.54, 1.807) is 0 Å². The summed E-state index contributed by atoms with van der Waals surface area (Å²) in [6.45, 7) is 0.233. The Hall–Kier alpha value is -1.98. The second-order valence-electron chi connectivity index (χ2n) is 2.56. The zero-order chi connectivity index (χ0) is 10.6. The first-order valence-corrected chi connectivity index (χ1v) is 3.89. The van der Waals surface area contributed by atoms with Gasteiger partial charge in [-0.3, -0.25) is 0 Å². The van der Waals surface area contributed by atoms with E-state index in [1.807, 2.05) is 0 Å². The Morgan fingerprint density at radius 1 is 1.57 bits per heavy atom. The summed E-state index contributed by atoms with van der Waals surface area (Å²) in [4.78, 5) is 21.2. The van der Waals surface area contributed by atoms with Gasteiger partial charge >= 0.3 is 12.0 Å². The number of hydrogen-bond acceptors (Lipinski definition) is 3. The Morgan fingerprint density at radius 3 is 2.79 bits per heavy atom. The quantitative estimate of drug-likeness (QED) is 0.655. The average molecular weight is 198 g/mol. The van der Waals surface area contributed by atoms with Crippen molar-refractivity contribution < 1.29 is 19.1 Å². The van der Waals surface area contributed by atoms with Crippen LogP contribution >= 0.6 is 0 Å². The van der Waals surface area contributed by atoms with Crippen molar-refractivity contribution in [2.75, 3.05) is 7.05 Å². The fraction of sp³-hybridized carbons (Fsp3) is 0.250. The number of carboxylic acids is 1. The lowest BCUT2D eigenvalue weighted by Crippen LogP contribution is -2.31. The van der Waals surface area contributed by atoms with Crippen LogP contribution in [0.2, 0.25) is 0 Å². The molecule has 0 aromatic carbocycles. The standard InChI is InChI=1S/C8H10N2O4/c1-9-8(13)10-3-5-2-6(7(11)12)14-4-5/h2,4H,3H2,1H3,(H,11,12)(H2,9,10,13). The number of rotatable bonds is 3. The molecule has 0 aliphatic heterocycles. The van der Waals surface area contributed by atoms with Gasteiger partial charge in [0.1, 0.15) is 0 Å². The average Bonchev–Trinajstić information content (AvgIpc) is 2.62. The van der Waals surface area contributed by atoms with Crippen molar-refractivity contribution in [3.63, 3.8) is 0 Å². The lowest BCUT2D eigenvalue weighted by molar-refractivity contribution is 0.0662. The van der Waals surface area contributed by atoms with E-state index in [1.165, 1.54) is 19.4 Å². The third-order valence-corrected chi connectivity index (χ3v) is 1.54. The van der Waals surface area contributed by atoms with Crippen LogP contribution in [0.5, 0.6) is 0 Å².